The molecule has 1 heterocycles. The number of carboxylic acids is 1. The van der Waals surface area contributed by atoms with Gasteiger partial charge in [0, 0.05) is 38.0 Å². The van der Waals surface area contributed by atoms with Gasteiger partial charge in [0.25, 0.3) is 0 Å². The number of carboxylic acid groups (broad SMARTS) is 1. The lowest BCUT2D eigenvalue weighted by atomic mass is 9.85. The molecule has 0 spiro atoms. The lowest BCUT2D eigenvalue weighted by Gasteiger charge is -2.24. The number of rotatable bonds is 11. The molecule has 0 aliphatic carbocycles. The highest BCUT2D eigenvalue weighted by Crippen LogP contribution is 2.25. The molecule has 0 saturated carbocycles. The molecule has 36 heavy (non-hydrogen) atoms. The van der Waals surface area contributed by atoms with Crippen LogP contribution in [-0.4, -0.2) is 59.3 Å². The first-order valence-electron chi connectivity index (χ1n) is 11.1. The Morgan fingerprint density at radius 1 is 0.972 bits per heavy atom. The first-order chi connectivity index (χ1) is 17.1. The fraction of sp³-hybridized carbons (Fsp3) is 0.308. The summed E-state index contributed by atoms with van der Waals surface area (Å²) in [5, 5.41) is 25.4. The number of benzene rings is 2. The third kappa shape index (κ3) is 7.85. The van der Waals surface area contributed by atoms with Crippen molar-refractivity contribution in [1.82, 2.24) is 9.29 Å². The number of hydrogen-bond acceptors (Lipinski definition) is 7. The lowest BCUT2D eigenvalue weighted by Crippen LogP contribution is -2.30. The Labute approximate surface area is 211 Å². The van der Waals surface area contributed by atoms with Gasteiger partial charge in [-0.05, 0) is 41.0 Å². The van der Waals surface area contributed by atoms with Gasteiger partial charge in [-0.15, -0.1) is 0 Å². The molecule has 1 aromatic heterocycles. The molecular weight excluding hydrogens is 484 g/mol. The number of aliphatic hydroxyl groups is 2. The highest BCUT2D eigenvalue weighted by Gasteiger charge is 2.26. The van der Waals surface area contributed by atoms with Crippen molar-refractivity contribution >= 4 is 16.0 Å². The van der Waals surface area contributed by atoms with E-state index in [1.54, 1.807) is 30.3 Å². The summed E-state index contributed by atoms with van der Waals surface area (Å²) in [5.74, 6) is -0.693. The number of sulfonamides is 1. The van der Waals surface area contributed by atoms with Crippen LogP contribution in [0.15, 0.2) is 78.0 Å². The number of nitrogens with zero attached hydrogens (tertiary/aromatic N) is 2. The van der Waals surface area contributed by atoms with E-state index in [0.717, 1.165) is 18.2 Å². The fourth-order valence-corrected chi connectivity index (χ4v) is 4.65. The molecule has 0 saturated heterocycles. The SMILES string of the molecule is CC(C)(CO)c1ccc(CN(Cc2ccc(OCC(=O)O)cc2)S(=O)(=O)c2cccnc2)cc1.CO. The normalized spacial score (nSPS) is 11.5. The van der Waals surface area contributed by atoms with Crippen molar-refractivity contribution in [1.29, 1.82) is 0 Å². The van der Waals surface area contributed by atoms with E-state index in [0.29, 0.717) is 11.3 Å². The fourth-order valence-electron chi connectivity index (χ4n) is 3.27. The summed E-state index contributed by atoms with van der Waals surface area (Å²) in [4.78, 5) is 14.7. The Balaban J connectivity index is 0.00000222. The zero-order valence-electron chi connectivity index (χ0n) is 20.5. The van der Waals surface area contributed by atoms with Gasteiger partial charge in [-0.3, -0.25) is 4.98 Å². The minimum absolute atomic E-state index is 0.0000323. The zero-order chi connectivity index (χ0) is 26.8. The Kier molecular flexibility index (Phi) is 10.5. The van der Waals surface area contributed by atoms with E-state index in [1.165, 1.54) is 22.8 Å². The monoisotopic (exact) mass is 516 g/mol. The van der Waals surface area contributed by atoms with E-state index in [4.69, 9.17) is 14.9 Å². The van der Waals surface area contributed by atoms with Gasteiger partial charge in [0.1, 0.15) is 10.6 Å². The van der Waals surface area contributed by atoms with Crippen molar-refractivity contribution < 1.29 is 33.3 Å². The number of ether oxygens (including phenoxy) is 1. The van der Waals surface area contributed by atoms with Gasteiger partial charge in [0.05, 0.1) is 6.61 Å². The van der Waals surface area contributed by atoms with Gasteiger partial charge >= 0.3 is 5.97 Å². The number of hydrogen-bond donors (Lipinski definition) is 3. The molecule has 9 nitrogen and oxygen atoms in total. The molecule has 0 fully saturated rings. The number of aliphatic carboxylic acids is 1. The summed E-state index contributed by atoms with van der Waals surface area (Å²) in [5.41, 5.74) is 2.07. The van der Waals surface area contributed by atoms with Crippen molar-refractivity contribution in [3.63, 3.8) is 0 Å². The summed E-state index contributed by atoms with van der Waals surface area (Å²) in [7, 11) is -2.85. The van der Waals surface area contributed by atoms with Crippen LogP contribution in [-0.2, 0) is 33.3 Å². The number of carbonyl (C=O) groups is 1. The lowest BCUT2D eigenvalue weighted by molar-refractivity contribution is -0.139. The number of aromatic nitrogens is 1. The van der Waals surface area contributed by atoms with Gasteiger partial charge in [-0.1, -0.05) is 50.2 Å². The van der Waals surface area contributed by atoms with Crippen molar-refractivity contribution in [2.24, 2.45) is 0 Å². The Morgan fingerprint density at radius 3 is 2.00 bits per heavy atom. The molecule has 2 aromatic carbocycles. The summed E-state index contributed by atoms with van der Waals surface area (Å²) in [6.45, 7) is 3.65. The van der Waals surface area contributed by atoms with Crippen LogP contribution in [0, 0.1) is 0 Å². The largest absolute Gasteiger partial charge is 0.482 e. The third-order valence-electron chi connectivity index (χ3n) is 5.41. The molecule has 10 heteroatoms. The van der Waals surface area contributed by atoms with Crippen LogP contribution < -0.4 is 4.74 Å². The first kappa shape index (κ1) is 28.9. The van der Waals surface area contributed by atoms with E-state index < -0.39 is 28.0 Å². The Morgan fingerprint density at radius 2 is 1.53 bits per heavy atom. The molecule has 0 bridgehead atoms. The minimum atomic E-state index is -3.85. The second kappa shape index (κ2) is 13.1. The first-order valence-corrected chi connectivity index (χ1v) is 12.5. The minimum Gasteiger partial charge on any atom is -0.482 e. The second-order valence-electron chi connectivity index (χ2n) is 8.53. The maximum atomic E-state index is 13.4. The number of aliphatic hydroxyl groups excluding tert-OH is 2. The van der Waals surface area contributed by atoms with Crippen molar-refractivity contribution in [3.8, 4) is 5.75 Å². The molecule has 3 N–H and O–H groups in total. The van der Waals surface area contributed by atoms with Crippen LogP contribution in [0.25, 0.3) is 0 Å². The topological polar surface area (TPSA) is 137 Å². The molecule has 0 aliphatic rings. The average molecular weight is 517 g/mol. The maximum Gasteiger partial charge on any atom is 0.341 e. The highest BCUT2D eigenvalue weighted by molar-refractivity contribution is 7.89. The van der Waals surface area contributed by atoms with Crippen LogP contribution in [0.5, 0.6) is 5.75 Å². The van der Waals surface area contributed by atoms with Crippen LogP contribution in [0.4, 0.5) is 0 Å². The van der Waals surface area contributed by atoms with Gasteiger partial charge in [-0.2, -0.15) is 4.31 Å². The summed E-state index contributed by atoms with van der Waals surface area (Å²) < 4.78 is 33.4. The van der Waals surface area contributed by atoms with Gasteiger partial charge in [0.15, 0.2) is 6.61 Å². The maximum absolute atomic E-state index is 13.4. The quantitative estimate of drug-likeness (QED) is 0.354. The zero-order valence-corrected chi connectivity index (χ0v) is 21.4. The molecule has 3 aromatic rings. The van der Waals surface area contributed by atoms with Crippen molar-refractivity contribution in [3.05, 3.63) is 89.7 Å². The van der Waals surface area contributed by atoms with Crippen LogP contribution >= 0.6 is 0 Å². The Hall–Kier alpha value is -3.31. The van der Waals surface area contributed by atoms with Gasteiger partial charge in [0.2, 0.25) is 10.0 Å². The van der Waals surface area contributed by atoms with Crippen LogP contribution in [0.1, 0.15) is 30.5 Å². The molecule has 194 valence electrons. The summed E-state index contributed by atoms with van der Waals surface area (Å²) in [6, 6.07) is 17.2. The molecule has 0 amide bonds. The average Bonchev–Trinajstić information content (AvgIpc) is 2.90. The van der Waals surface area contributed by atoms with Crippen molar-refractivity contribution in [2.75, 3.05) is 20.3 Å². The van der Waals surface area contributed by atoms with E-state index in [2.05, 4.69) is 4.98 Å². The van der Waals surface area contributed by atoms with Crippen LogP contribution in [0.2, 0.25) is 0 Å². The smallest absolute Gasteiger partial charge is 0.341 e. The van der Waals surface area contributed by atoms with E-state index in [9.17, 15) is 18.3 Å². The predicted octanol–water partition coefficient (Wildman–Crippen LogP) is 2.81. The summed E-state index contributed by atoms with van der Waals surface area (Å²) >= 11 is 0. The standard InChI is InChI=1S/C25H28N2O6S.CH4O/c1-25(2,18-28)21-9-5-19(6-10-21)15-27(34(31,32)23-4-3-13-26-14-23)16-20-7-11-22(12-8-20)33-17-24(29)30;1-2/h3-14,28H,15-18H2,1-2H3,(H,29,30);2H,1H3. The second-order valence-corrected chi connectivity index (χ2v) is 10.5. The molecule has 0 atom stereocenters. The summed E-state index contributed by atoms with van der Waals surface area (Å²) in [6.07, 6.45) is 2.83. The van der Waals surface area contributed by atoms with E-state index in [-0.39, 0.29) is 24.6 Å². The molecule has 3 rings (SSSR count). The van der Waals surface area contributed by atoms with Gasteiger partial charge < -0.3 is 20.1 Å². The van der Waals surface area contributed by atoms with E-state index in [1.807, 2.05) is 38.1 Å². The molecule has 0 unspecified atom stereocenters. The highest BCUT2D eigenvalue weighted by atomic mass is 32.2. The van der Waals surface area contributed by atoms with Crippen molar-refractivity contribution in [2.45, 2.75) is 37.2 Å². The Bertz CT molecular complexity index is 1200. The molecular formula is C26H32N2O7S. The van der Waals surface area contributed by atoms with Gasteiger partial charge in [-0.25, -0.2) is 13.2 Å². The number of pyridine rings is 1. The predicted molar refractivity (Wildman–Crippen MR) is 135 cm³/mol. The molecule has 0 aliphatic heterocycles. The van der Waals surface area contributed by atoms with E-state index >= 15 is 0 Å². The van der Waals surface area contributed by atoms with Crippen LogP contribution in [0.3, 0.4) is 0 Å². The molecule has 0 radical (unpaired) electrons. The third-order valence-corrected chi connectivity index (χ3v) is 7.18.